The number of rotatable bonds is 8. The molecule has 0 saturated heterocycles. The normalized spacial score (nSPS) is 21.4. The van der Waals surface area contributed by atoms with E-state index in [0.717, 1.165) is 12.8 Å². The van der Waals surface area contributed by atoms with Gasteiger partial charge in [0.2, 0.25) is 0 Å². The van der Waals surface area contributed by atoms with Gasteiger partial charge in [-0.25, -0.2) is 0 Å². The second-order valence-corrected chi connectivity index (χ2v) is 13.5. The Balaban J connectivity index is 1.81. The molecule has 40 heavy (non-hydrogen) atoms. The molecular weight excluding hydrogens is 480 g/mol. The summed E-state index contributed by atoms with van der Waals surface area (Å²) in [5.41, 5.74) is 9.22. The van der Waals surface area contributed by atoms with E-state index in [1.165, 1.54) is 60.8 Å². The minimum Gasteiger partial charge on any atom is -0.101 e. The van der Waals surface area contributed by atoms with E-state index in [2.05, 4.69) is 142 Å². The third-order valence-electron chi connectivity index (χ3n) is 8.48. The van der Waals surface area contributed by atoms with Gasteiger partial charge >= 0.3 is 0 Å². The maximum absolute atomic E-state index is 3.41. The highest BCUT2D eigenvalue weighted by molar-refractivity contribution is 5.37. The smallest absolute Gasteiger partial charge is 0.0357 e. The van der Waals surface area contributed by atoms with Gasteiger partial charge in [0.1, 0.15) is 0 Å². The monoisotopic (exact) mass is 536 g/mol. The second kappa shape index (κ2) is 15.9. The van der Waals surface area contributed by atoms with Gasteiger partial charge in [0.15, 0.2) is 0 Å². The van der Waals surface area contributed by atoms with Crippen LogP contribution in [0.1, 0.15) is 121 Å². The minimum atomic E-state index is 0.268. The summed E-state index contributed by atoms with van der Waals surface area (Å²) in [4.78, 5) is 0. The van der Waals surface area contributed by atoms with E-state index in [1.54, 1.807) is 11.1 Å². The van der Waals surface area contributed by atoms with Crippen LogP contribution in [-0.2, 0) is 0 Å². The summed E-state index contributed by atoms with van der Waals surface area (Å²) in [7, 11) is 0. The lowest BCUT2D eigenvalue weighted by molar-refractivity contribution is 0.376. The van der Waals surface area contributed by atoms with Gasteiger partial charge in [-0.2, -0.15) is 0 Å². The lowest BCUT2D eigenvalue weighted by atomic mass is 9.72. The first kappa shape index (κ1) is 33.5. The van der Waals surface area contributed by atoms with Crippen molar-refractivity contribution < 1.29 is 0 Å². The van der Waals surface area contributed by atoms with E-state index in [-0.39, 0.29) is 11.3 Å². The van der Waals surface area contributed by atoms with Crippen molar-refractivity contribution in [1.29, 1.82) is 0 Å². The Labute approximate surface area is 248 Å². The molecule has 0 amide bonds. The molecule has 2 aliphatic rings. The van der Waals surface area contributed by atoms with Crippen LogP contribution in [0.3, 0.4) is 0 Å². The van der Waals surface area contributed by atoms with Crippen molar-refractivity contribution >= 4 is 0 Å². The Kier molecular flexibility index (Phi) is 13.3. The molecule has 0 heterocycles. The largest absolute Gasteiger partial charge is 0.101 e. The van der Waals surface area contributed by atoms with Gasteiger partial charge in [-0.15, -0.1) is 5.92 Å². The minimum absolute atomic E-state index is 0.268. The topological polar surface area (TPSA) is 0 Å². The molecule has 0 heteroatoms. The summed E-state index contributed by atoms with van der Waals surface area (Å²) in [6.07, 6.45) is 27.2. The van der Waals surface area contributed by atoms with E-state index in [1.807, 2.05) is 0 Å². The summed E-state index contributed by atoms with van der Waals surface area (Å²) < 4.78 is 0. The molecule has 0 aromatic carbocycles. The van der Waals surface area contributed by atoms with Gasteiger partial charge in [-0.05, 0) is 95.1 Å². The third kappa shape index (κ3) is 11.4. The van der Waals surface area contributed by atoms with Gasteiger partial charge in [-0.1, -0.05) is 123 Å². The quantitative estimate of drug-likeness (QED) is 0.214. The van der Waals surface area contributed by atoms with Crippen molar-refractivity contribution in [3.05, 3.63) is 82.0 Å². The Morgan fingerprint density at radius 3 is 2.00 bits per heavy atom. The van der Waals surface area contributed by atoms with Crippen LogP contribution in [0.25, 0.3) is 0 Å². The fraction of sp³-hybridized carbons (Fsp3) is 0.550. The van der Waals surface area contributed by atoms with Crippen LogP contribution in [0.15, 0.2) is 82.0 Å². The molecule has 216 valence electrons. The Morgan fingerprint density at radius 1 is 0.800 bits per heavy atom. The molecule has 0 radical (unpaired) electrons. The van der Waals surface area contributed by atoms with E-state index >= 15 is 0 Å². The average molecular weight is 537 g/mol. The van der Waals surface area contributed by atoms with Crippen LogP contribution in [0, 0.1) is 46.3 Å². The van der Waals surface area contributed by atoms with Crippen molar-refractivity contribution in [2.45, 2.75) is 121 Å². The average Bonchev–Trinajstić information content (AvgIpc) is 2.85. The van der Waals surface area contributed by atoms with Crippen molar-refractivity contribution in [2.75, 3.05) is 0 Å². The van der Waals surface area contributed by atoms with Gasteiger partial charge < -0.3 is 0 Å². The molecule has 0 aromatic heterocycles. The van der Waals surface area contributed by atoms with Crippen LogP contribution >= 0.6 is 0 Å². The van der Waals surface area contributed by atoms with Crippen LogP contribution in [0.5, 0.6) is 0 Å². The van der Waals surface area contributed by atoms with Gasteiger partial charge in [0, 0.05) is 24.7 Å². The molecule has 0 aliphatic heterocycles. The zero-order chi connectivity index (χ0) is 29.8. The van der Waals surface area contributed by atoms with Crippen LogP contribution in [-0.4, -0.2) is 0 Å². The zero-order valence-corrected chi connectivity index (χ0v) is 27.4. The zero-order valence-electron chi connectivity index (χ0n) is 27.4. The van der Waals surface area contributed by atoms with E-state index in [0.29, 0.717) is 11.3 Å². The van der Waals surface area contributed by atoms with Crippen LogP contribution in [0.2, 0.25) is 0 Å². The van der Waals surface area contributed by atoms with E-state index < -0.39 is 0 Å². The summed E-state index contributed by atoms with van der Waals surface area (Å²) in [5, 5.41) is 0. The Morgan fingerprint density at radius 2 is 1.40 bits per heavy atom. The fourth-order valence-corrected chi connectivity index (χ4v) is 5.87. The molecule has 0 N–H and O–H groups in total. The SMILES string of the molecule is CC1=C(/C=C/C(C)=C/C=C\C(C)=C/CC#CC(C)CC#CC(C)/C=C/C2=C(C)CCCC2(C)C)C(C)(C)CCC1. The van der Waals surface area contributed by atoms with Crippen molar-refractivity contribution in [1.82, 2.24) is 0 Å². The highest BCUT2D eigenvalue weighted by Crippen LogP contribution is 2.41. The summed E-state index contributed by atoms with van der Waals surface area (Å²) >= 11 is 0. The Bertz CT molecular complexity index is 1200. The lowest BCUT2D eigenvalue weighted by Gasteiger charge is -2.33. The molecule has 0 spiro atoms. The third-order valence-corrected chi connectivity index (χ3v) is 8.48. The lowest BCUT2D eigenvalue weighted by Crippen LogP contribution is -2.19. The first-order valence-electron chi connectivity index (χ1n) is 15.6. The molecular formula is C40H56. The van der Waals surface area contributed by atoms with Crippen molar-refractivity contribution in [3.63, 3.8) is 0 Å². The first-order valence-corrected chi connectivity index (χ1v) is 15.6. The molecule has 2 atom stereocenters. The van der Waals surface area contributed by atoms with E-state index in [9.17, 15) is 0 Å². The number of allylic oxidation sites excluding steroid dienone is 14. The summed E-state index contributed by atoms with van der Waals surface area (Å²) in [5.74, 6) is 14.0. The van der Waals surface area contributed by atoms with Crippen LogP contribution < -0.4 is 0 Å². The van der Waals surface area contributed by atoms with Gasteiger partial charge in [0.05, 0.1) is 0 Å². The molecule has 0 bridgehead atoms. The number of hydrogen-bond donors (Lipinski definition) is 0. The molecule has 2 unspecified atom stereocenters. The van der Waals surface area contributed by atoms with Gasteiger partial charge in [-0.3, -0.25) is 0 Å². The predicted molar refractivity (Wildman–Crippen MR) is 179 cm³/mol. The Hall–Kier alpha value is -2.70. The standard InChI is InChI=1S/C40H56/c1-31(19-13-21-33(3)25-27-37-35(5)23-15-29-39(37,7)8)17-11-12-18-32(2)20-14-22-34(4)26-28-38-36(6)24-16-30-40(38,9)10/h13,17,19,21,25-28,32,34H,11,15-16,20,23-24,29-30H2,1-10H3/b19-13-,27-25+,28-26+,31-17-,33-21+. The fourth-order valence-electron chi connectivity index (χ4n) is 5.87. The summed E-state index contributed by atoms with van der Waals surface area (Å²) in [6.45, 7) is 22.7. The number of hydrogen-bond acceptors (Lipinski definition) is 0. The van der Waals surface area contributed by atoms with Crippen molar-refractivity contribution in [2.24, 2.45) is 22.7 Å². The highest BCUT2D eigenvalue weighted by atomic mass is 14.3. The van der Waals surface area contributed by atoms with Crippen LogP contribution in [0.4, 0.5) is 0 Å². The molecule has 0 aromatic rings. The molecule has 0 fully saturated rings. The van der Waals surface area contributed by atoms with Crippen molar-refractivity contribution in [3.8, 4) is 23.7 Å². The summed E-state index contributed by atoms with van der Waals surface area (Å²) in [6, 6.07) is 0. The molecule has 0 saturated carbocycles. The maximum atomic E-state index is 3.41. The highest BCUT2D eigenvalue weighted by Gasteiger charge is 2.27. The molecule has 2 rings (SSSR count). The predicted octanol–water partition coefficient (Wildman–Crippen LogP) is 11.7. The molecule has 0 nitrogen and oxygen atoms in total. The maximum Gasteiger partial charge on any atom is 0.0357 e. The molecule has 2 aliphatic carbocycles. The second-order valence-electron chi connectivity index (χ2n) is 13.5. The van der Waals surface area contributed by atoms with E-state index in [4.69, 9.17) is 0 Å². The first-order chi connectivity index (χ1) is 18.8. The van der Waals surface area contributed by atoms with Gasteiger partial charge in [0.25, 0.3) is 0 Å².